The third-order valence-corrected chi connectivity index (χ3v) is 3.77. The van der Waals surface area contributed by atoms with Crippen LogP contribution in [0.25, 0.3) is 0 Å². The van der Waals surface area contributed by atoms with E-state index in [1.54, 1.807) is 0 Å². The zero-order chi connectivity index (χ0) is 10.7. The molecular weight excluding hydrogens is 182 g/mol. The van der Waals surface area contributed by atoms with Crippen molar-refractivity contribution in [3.8, 4) is 0 Å². The van der Waals surface area contributed by atoms with E-state index in [0.717, 1.165) is 6.42 Å². The van der Waals surface area contributed by atoms with E-state index in [4.69, 9.17) is 5.73 Å². The molecule has 1 heteroatoms. The van der Waals surface area contributed by atoms with Gasteiger partial charge in [0.05, 0.1) is 0 Å². The van der Waals surface area contributed by atoms with Crippen molar-refractivity contribution in [2.45, 2.75) is 44.6 Å². The lowest BCUT2D eigenvalue weighted by Gasteiger charge is -2.20. The van der Waals surface area contributed by atoms with Crippen molar-refractivity contribution in [1.82, 2.24) is 0 Å². The van der Waals surface area contributed by atoms with Crippen LogP contribution in [0.3, 0.4) is 0 Å². The average molecular weight is 203 g/mol. The van der Waals surface area contributed by atoms with Crippen molar-refractivity contribution in [2.24, 2.45) is 11.7 Å². The number of hydrogen-bond acceptors (Lipinski definition) is 1. The SMILES string of the molecule is CC1CCC[C@@H](c2ccccc2)C[C@H]1N. The Hall–Kier alpha value is -0.820. The highest BCUT2D eigenvalue weighted by atomic mass is 14.6. The van der Waals surface area contributed by atoms with Gasteiger partial charge in [-0.2, -0.15) is 0 Å². The number of benzene rings is 1. The van der Waals surface area contributed by atoms with Gasteiger partial charge in [-0.05, 0) is 36.7 Å². The molecule has 0 amide bonds. The fraction of sp³-hybridized carbons (Fsp3) is 0.571. The molecule has 0 radical (unpaired) electrons. The Balaban J connectivity index is 2.10. The first kappa shape index (κ1) is 10.7. The van der Waals surface area contributed by atoms with E-state index in [2.05, 4.69) is 37.3 Å². The predicted octanol–water partition coefficient (Wildman–Crippen LogP) is 3.31. The number of rotatable bonds is 1. The predicted molar refractivity (Wildman–Crippen MR) is 64.8 cm³/mol. The summed E-state index contributed by atoms with van der Waals surface area (Å²) in [6.07, 6.45) is 5.09. The third kappa shape index (κ3) is 2.60. The fourth-order valence-electron chi connectivity index (χ4n) is 2.61. The summed E-state index contributed by atoms with van der Waals surface area (Å²) in [5.41, 5.74) is 7.68. The van der Waals surface area contributed by atoms with Gasteiger partial charge in [0.2, 0.25) is 0 Å². The van der Waals surface area contributed by atoms with Gasteiger partial charge in [0.25, 0.3) is 0 Å². The van der Waals surface area contributed by atoms with Crippen LogP contribution >= 0.6 is 0 Å². The van der Waals surface area contributed by atoms with Gasteiger partial charge in [-0.15, -0.1) is 0 Å². The second-order valence-electron chi connectivity index (χ2n) is 4.92. The van der Waals surface area contributed by atoms with E-state index < -0.39 is 0 Å². The molecule has 1 fully saturated rings. The first-order valence-corrected chi connectivity index (χ1v) is 6.08. The number of nitrogens with two attached hydrogens (primary N) is 1. The van der Waals surface area contributed by atoms with Gasteiger partial charge in [-0.1, -0.05) is 43.7 Å². The van der Waals surface area contributed by atoms with Crippen LogP contribution in [0.1, 0.15) is 44.1 Å². The summed E-state index contributed by atoms with van der Waals surface area (Å²) in [5.74, 6) is 1.38. The van der Waals surface area contributed by atoms with Crippen molar-refractivity contribution in [3.05, 3.63) is 35.9 Å². The van der Waals surface area contributed by atoms with E-state index in [0.29, 0.717) is 17.9 Å². The van der Waals surface area contributed by atoms with Crippen molar-refractivity contribution in [1.29, 1.82) is 0 Å². The second kappa shape index (κ2) is 4.80. The highest BCUT2D eigenvalue weighted by molar-refractivity contribution is 5.20. The van der Waals surface area contributed by atoms with Gasteiger partial charge in [-0.3, -0.25) is 0 Å². The summed E-state index contributed by atoms with van der Waals surface area (Å²) >= 11 is 0. The fourth-order valence-corrected chi connectivity index (χ4v) is 2.61. The van der Waals surface area contributed by atoms with Gasteiger partial charge in [-0.25, -0.2) is 0 Å². The van der Waals surface area contributed by atoms with Crippen LogP contribution in [-0.4, -0.2) is 6.04 Å². The van der Waals surface area contributed by atoms with E-state index in [9.17, 15) is 0 Å². The molecule has 1 aromatic rings. The molecule has 0 spiro atoms. The van der Waals surface area contributed by atoms with Gasteiger partial charge >= 0.3 is 0 Å². The summed E-state index contributed by atoms with van der Waals surface area (Å²) < 4.78 is 0. The highest BCUT2D eigenvalue weighted by Crippen LogP contribution is 2.33. The highest BCUT2D eigenvalue weighted by Gasteiger charge is 2.23. The van der Waals surface area contributed by atoms with E-state index >= 15 is 0 Å². The van der Waals surface area contributed by atoms with Gasteiger partial charge < -0.3 is 5.73 Å². The van der Waals surface area contributed by atoms with Crippen molar-refractivity contribution in [2.75, 3.05) is 0 Å². The summed E-state index contributed by atoms with van der Waals surface area (Å²) in [5, 5.41) is 0. The van der Waals surface area contributed by atoms with Crippen LogP contribution in [0.4, 0.5) is 0 Å². The lowest BCUT2D eigenvalue weighted by Crippen LogP contribution is -2.28. The molecule has 0 heterocycles. The third-order valence-electron chi connectivity index (χ3n) is 3.77. The van der Waals surface area contributed by atoms with Gasteiger partial charge in [0, 0.05) is 6.04 Å². The Morgan fingerprint density at radius 3 is 2.60 bits per heavy atom. The molecule has 82 valence electrons. The topological polar surface area (TPSA) is 26.0 Å². The molecule has 1 nitrogen and oxygen atoms in total. The lowest BCUT2D eigenvalue weighted by molar-refractivity contribution is 0.423. The smallest absolute Gasteiger partial charge is 0.00703 e. The molecule has 1 aliphatic carbocycles. The first-order valence-electron chi connectivity index (χ1n) is 6.08. The Bertz CT molecular complexity index is 293. The average Bonchev–Trinajstić information content (AvgIpc) is 2.43. The molecule has 0 bridgehead atoms. The molecule has 1 aliphatic rings. The maximum absolute atomic E-state index is 6.21. The molecule has 1 unspecified atom stereocenters. The van der Waals surface area contributed by atoms with E-state index in [1.807, 2.05) is 0 Å². The molecule has 0 saturated heterocycles. The zero-order valence-electron chi connectivity index (χ0n) is 9.52. The monoisotopic (exact) mass is 203 g/mol. The van der Waals surface area contributed by atoms with Crippen molar-refractivity contribution < 1.29 is 0 Å². The summed E-state index contributed by atoms with van der Waals surface area (Å²) in [6, 6.07) is 11.2. The van der Waals surface area contributed by atoms with Crippen LogP contribution in [0.5, 0.6) is 0 Å². The standard InChI is InChI=1S/C14H21N/c1-11-6-5-9-13(10-14(11)15)12-7-3-2-4-8-12/h2-4,7-8,11,13-14H,5-6,9-10,15H2,1H3/t11?,13-,14-/m1/s1. The Morgan fingerprint density at radius 1 is 1.13 bits per heavy atom. The maximum Gasteiger partial charge on any atom is 0.00703 e. The largest absolute Gasteiger partial charge is 0.327 e. The van der Waals surface area contributed by atoms with Crippen molar-refractivity contribution >= 4 is 0 Å². The molecule has 1 saturated carbocycles. The Morgan fingerprint density at radius 2 is 1.87 bits per heavy atom. The van der Waals surface area contributed by atoms with Gasteiger partial charge in [0.1, 0.15) is 0 Å². The van der Waals surface area contributed by atoms with Crippen LogP contribution < -0.4 is 5.73 Å². The Kier molecular flexibility index (Phi) is 3.42. The maximum atomic E-state index is 6.21. The minimum absolute atomic E-state index is 0.387. The molecular formula is C14H21N. The molecule has 0 aromatic heterocycles. The number of hydrogen-bond donors (Lipinski definition) is 1. The quantitative estimate of drug-likeness (QED) is 0.696. The van der Waals surface area contributed by atoms with Gasteiger partial charge in [0.15, 0.2) is 0 Å². The van der Waals surface area contributed by atoms with Crippen LogP contribution in [-0.2, 0) is 0 Å². The molecule has 3 atom stereocenters. The minimum Gasteiger partial charge on any atom is -0.327 e. The minimum atomic E-state index is 0.387. The molecule has 1 aromatic carbocycles. The zero-order valence-corrected chi connectivity index (χ0v) is 9.52. The van der Waals surface area contributed by atoms with Crippen LogP contribution in [0.2, 0.25) is 0 Å². The van der Waals surface area contributed by atoms with E-state index in [1.165, 1.54) is 24.8 Å². The second-order valence-corrected chi connectivity index (χ2v) is 4.92. The molecule has 15 heavy (non-hydrogen) atoms. The summed E-state index contributed by atoms with van der Waals surface area (Å²) in [4.78, 5) is 0. The lowest BCUT2D eigenvalue weighted by atomic mass is 9.89. The molecule has 0 aliphatic heterocycles. The van der Waals surface area contributed by atoms with E-state index in [-0.39, 0.29) is 0 Å². The van der Waals surface area contributed by atoms with Crippen molar-refractivity contribution in [3.63, 3.8) is 0 Å². The summed E-state index contributed by atoms with van der Waals surface area (Å²) in [6.45, 7) is 2.29. The molecule has 2 N–H and O–H groups in total. The first-order chi connectivity index (χ1) is 7.27. The normalized spacial score (nSPS) is 32.3. The molecule has 2 rings (SSSR count). The summed E-state index contributed by atoms with van der Waals surface area (Å²) in [7, 11) is 0. The Labute approximate surface area is 92.7 Å². The van der Waals surface area contributed by atoms with Crippen LogP contribution in [0.15, 0.2) is 30.3 Å². The van der Waals surface area contributed by atoms with Crippen LogP contribution in [0, 0.1) is 5.92 Å².